The fourth-order valence-corrected chi connectivity index (χ4v) is 2.77. The van der Waals surface area contributed by atoms with Crippen molar-refractivity contribution in [3.05, 3.63) is 41.1 Å². The van der Waals surface area contributed by atoms with Crippen molar-refractivity contribution in [2.75, 3.05) is 13.1 Å². The van der Waals surface area contributed by atoms with E-state index in [0.29, 0.717) is 18.2 Å². The minimum absolute atomic E-state index is 0.103. The van der Waals surface area contributed by atoms with Crippen molar-refractivity contribution in [3.63, 3.8) is 0 Å². The van der Waals surface area contributed by atoms with Crippen molar-refractivity contribution in [2.24, 2.45) is 27.9 Å². The summed E-state index contributed by atoms with van der Waals surface area (Å²) in [5.74, 6) is 0.985. The van der Waals surface area contributed by atoms with Gasteiger partial charge in [0, 0.05) is 35.8 Å². The molecule has 8 nitrogen and oxygen atoms in total. The van der Waals surface area contributed by atoms with Crippen molar-refractivity contribution in [3.8, 4) is 0 Å². The summed E-state index contributed by atoms with van der Waals surface area (Å²) in [6.45, 7) is 3.40. The van der Waals surface area contributed by atoms with Crippen LogP contribution in [0.25, 0.3) is 10.9 Å². The molecule has 0 aliphatic carbocycles. The summed E-state index contributed by atoms with van der Waals surface area (Å²) in [4.78, 5) is 6.41. The van der Waals surface area contributed by atoms with Gasteiger partial charge in [-0.25, -0.2) is 4.99 Å². The molecule has 3 rings (SSSR count). The number of aromatic amines is 1. The van der Waals surface area contributed by atoms with Crippen LogP contribution in [0.5, 0.6) is 0 Å². The van der Waals surface area contributed by atoms with Crippen LogP contribution >= 0.6 is 0 Å². The maximum atomic E-state index is 6.16. The third kappa shape index (κ3) is 2.93. The van der Waals surface area contributed by atoms with E-state index in [-0.39, 0.29) is 11.9 Å². The summed E-state index contributed by atoms with van der Waals surface area (Å²) < 4.78 is 0. The molecule has 2 aromatic rings. The highest BCUT2D eigenvalue weighted by Crippen LogP contribution is 2.19. The molecular weight excluding hydrogens is 292 g/mol. The van der Waals surface area contributed by atoms with E-state index in [1.807, 2.05) is 30.0 Å². The summed E-state index contributed by atoms with van der Waals surface area (Å²) in [6.07, 6.45) is 0.881. The topological polar surface area (TPSA) is 148 Å². The van der Waals surface area contributed by atoms with E-state index in [0.717, 1.165) is 35.1 Å². The van der Waals surface area contributed by atoms with Crippen molar-refractivity contribution < 1.29 is 0 Å². The lowest BCUT2D eigenvalue weighted by Gasteiger charge is -2.19. The minimum Gasteiger partial charge on any atom is -0.383 e. The fourth-order valence-electron chi connectivity index (χ4n) is 2.77. The predicted octanol–water partition coefficient (Wildman–Crippen LogP) is -0.346. The molecule has 0 spiro atoms. The largest absolute Gasteiger partial charge is 0.383 e. The lowest BCUT2D eigenvalue weighted by Crippen LogP contribution is -2.30. The molecule has 1 saturated heterocycles. The summed E-state index contributed by atoms with van der Waals surface area (Å²) in [5.41, 5.74) is 26.3. The average Bonchev–Trinajstić information content (AvgIpc) is 3.10. The number of nitrogens with zero attached hydrogens (tertiary/aromatic N) is 3. The van der Waals surface area contributed by atoms with Gasteiger partial charge in [0.05, 0.1) is 5.52 Å². The van der Waals surface area contributed by atoms with E-state index < -0.39 is 0 Å². The van der Waals surface area contributed by atoms with Gasteiger partial charge in [0.1, 0.15) is 11.7 Å². The molecule has 1 aromatic carbocycles. The number of hydrogen-bond donors (Lipinski definition) is 5. The van der Waals surface area contributed by atoms with Gasteiger partial charge < -0.3 is 27.8 Å². The number of H-pyrrole nitrogens is 1. The van der Waals surface area contributed by atoms with E-state index in [2.05, 4.69) is 15.2 Å². The van der Waals surface area contributed by atoms with Gasteiger partial charge in [-0.1, -0.05) is 0 Å². The number of nitrogens with one attached hydrogen (secondary N) is 1. The summed E-state index contributed by atoms with van der Waals surface area (Å²) in [5, 5.41) is 8.16. The molecule has 0 bridgehead atoms. The van der Waals surface area contributed by atoms with Crippen LogP contribution in [-0.2, 0) is 0 Å². The van der Waals surface area contributed by atoms with E-state index >= 15 is 0 Å². The first-order chi connectivity index (χ1) is 11.0. The quantitative estimate of drug-likeness (QED) is 0.386. The molecule has 0 amide bonds. The van der Waals surface area contributed by atoms with Crippen LogP contribution in [0.4, 0.5) is 0 Å². The Morgan fingerprint density at radius 1 is 1.35 bits per heavy atom. The van der Waals surface area contributed by atoms with Crippen LogP contribution in [0.1, 0.15) is 17.7 Å². The van der Waals surface area contributed by atoms with Crippen molar-refractivity contribution in [1.29, 1.82) is 0 Å². The second kappa shape index (κ2) is 5.81. The van der Waals surface area contributed by atoms with Crippen LogP contribution in [0, 0.1) is 6.92 Å². The molecule has 1 aromatic heterocycles. The number of amidine groups is 1. The first kappa shape index (κ1) is 15.2. The van der Waals surface area contributed by atoms with Gasteiger partial charge >= 0.3 is 0 Å². The first-order valence-corrected chi connectivity index (χ1v) is 7.50. The molecule has 1 unspecified atom stereocenters. The predicted molar refractivity (Wildman–Crippen MR) is 91.1 cm³/mol. The summed E-state index contributed by atoms with van der Waals surface area (Å²) >= 11 is 0. The lowest BCUT2D eigenvalue weighted by atomic mass is 10.1. The SMILES string of the molecule is Cc1[nH]nc2ccc(/C(N)=N/C(=C(N)N)N3CCC(N)C3)cc12. The van der Waals surface area contributed by atoms with Crippen molar-refractivity contribution in [2.45, 2.75) is 19.4 Å². The van der Waals surface area contributed by atoms with Crippen LogP contribution in [0.15, 0.2) is 34.8 Å². The fraction of sp³-hybridized carbons (Fsp3) is 0.333. The molecule has 0 radical (unpaired) electrons. The zero-order chi connectivity index (χ0) is 16.6. The number of benzene rings is 1. The molecule has 9 N–H and O–H groups in total. The normalized spacial score (nSPS) is 18.6. The standard InChI is InChI=1S/C15H22N8/c1-8-11-6-9(2-3-12(11)22-21-8)14(19)20-15(13(17)18)23-5-4-10(16)7-23/h2-3,6,10H,4-5,7,16-18H2,1H3,(H2,19,20)(H,21,22). The lowest BCUT2D eigenvalue weighted by molar-refractivity contribution is 0.409. The van der Waals surface area contributed by atoms with Crippen LogP contribution in [-0.4, -0.2) is 40.1 Å². The Kier molecular flexibility index (Phi) is 3.83. The molecule has 0 saturated carbocycles. The number of aromatic nitrogens is 2. The smallest absolute Gasteiger partial charge is 0.171 e. The monoisotopic (exact) mass is 314 g/mol. The van der Waals surface area contributed by atoms with Gasteiger partial charge in [-0.05, 0) is 31.5 Å². The van der Waals surface area contributed by atoms with Crippen LogP contribution in [0.2, 0.25) is 0 Å². The number of aliphatic imine (C=N–C) groups is 1. The van der Waals surface area contributed by atoms with E-state index in [1.54, 1.807) is 0 Å². The maximum Gasteiger partial charge on any atom is 0.171 e. The van der Waals surface area contributed by atoms with Gasteiger partial charge in [-0.3, -0.25) is 5.10 Å². The Morgan fingerprint density at radius 3 is 2.78 bits per heavy atom. The summed E-state index contributed by atoms with van der Waals surface area (Å²) in [6, 6.07) is 5.83. The number of rotatable bonds is 3. The Hall–Kier alpha value is -2.74. The zero-order valence-corrected chi connectivity index (χ0v) is 13.1. The van der Waals surface area contributed by atoms with Gasteiger partial charge in [0.2, 0.25) is 0 Å². The Morgan fingerprint density at radius 2 is 2.13 bits per heavy atom. The highest BCUT2D eigenvalue weighted by Gasteiger charge is 2.22. The maximum absolute atomic E-state index is 6.16. The minimum atomic E-state index is 0.103. The molecule has 1 atom stereocenters. The molecule has 122 valence electrons. The van der Waals surface area contributed by atoms with Gasteiger partial charge in [0.25, 0.3) is 0 Å². The van der Waals surface area contributed by atoms with Crippen molar-refractivity contribution >= 4 is 16.7 Å². The number of hydrogen-bond acceptors (Lipinski definition) is 6. The Bertz CT molecular complexity index is 784. The van der Waals surface area contributed by atoms with Crippen LogP contribution < -0.4 is 22.9 Å². The van der Waals surface area contributed by atoms with Gasteiger partial charge in [-0.2, -0.15) is 5.10 Å². The third-order valence-corrected chi connectivity index (χ3v) is 4.05. The number of likely N-dealkylation sites (tertiary alicyclic amines) is 1. The molecule has 1 aliphatic heterocycles. The molecule has 8 heteroatoms. The third-order valence-electron chi connectivity index (χ3n) is 4.05. The number of fused-ring (bicyclic) bond motifs is 1. The molecular formula is C15H22N8. The van der Waals surface area contributed by atoms with E-state index in [4.69, 9.17) is 22.9 Å². The zero-order valence-electron chi connectivity index (χ0n) is 13.1. The molecule has 1 aliphatic rings. The average molecular weight is 314 g/mol. The first-order valence-electron chi connectivity index (χ1n) is 7.50. The second-order valence-electron chi connectivity index (χ2n) is 5.85. The van der Waals surface area contributed by atoms with E-state index in [9.17, 15) is 0 Å². The van der Waals surface area contributed by atoms with Crippen molar-refractivity contribution in [1.82, 2.24) is 15.1 Å². The second-order valence-corrected chi connectivity index (χ2v) is 5.85. The molecule has 23 heavy (non-hydrogen) atoms. The molecule has 1 fully saturated rings. The highest BCUT2D eigenvalue weighted by atomic mass is 15.3. The highest BCUT2D eigenvalue weighted by molar-refractivity contribution is 6.01. The van der Waals surface area contributed by atoms with Gasteiger partial charge in [-0.15, -0.1) is 0 Å². The van der Waals surface area contributed by atoms with Gasteiger partial charge in [0.15, 0.2) is 5.82 Å². The van der Waals surface area contributed by atoms with Crippen LogP contribution in [0.3, 0.4) is 0 Å². The molecule has 2 heterocycles. The Labute approximate surface area is 134 Å². The van der Waals surface area contributed by atoms with E-state index in [1.165, 1.54) is 0 Å². The number of nitrogens with two attached hydrogens (primary N) is 4. The number of aryl methyl sites for hydroxylation is 1. The Balaban J connectivity index is 1.95. The summed E-state index contributed by atoms with van der Waals surface area (Å²) in [7, 11) is 0.